The van der Waals surface area contributed by atoms with E-state index in [0.29, 0.717) is 18.2 Å². The third-order valence-electron chi connectivity index (χ3n) is 13.7. The SMILES string of the molecule is N/C(=C\C(=NCC1C=CC=CC1)c1ccccc1)c1cccc(-n2c3ccccc3c3cc4c(cc32)Oc2ccccc2C42c3ccccc3-n3c4ccccc4c4cccc2c43)c1. The standard InChI is InChI=1S/C59H42N4O/c60-50(35-51(39-19-5-2-6-20-39)61-37-38-17-3-1-4-18-38)40-21-15-22-41(33-40)62-52-29-11-8-24-43(52)45-34-49-57(36-55(45)62)64-56-32-14-10-27-47(56)59(49)46-26-9-13-31-54(46)63-53-30-12-7-23-42(53)44-25-16-28-48(59)58(44)63/h1-17,19-36,38H,18,37,60H2/b50-35-,61-51?. The molecule has 1 spiro atoms. The zero-order valence-corrected chi connectivity index (χ0v) is 35.0. The van der Waals surface area contributed by atoms with Crippen LogP contribution in [-0.2, 0) is 5.41 Å². The zero-order valence-electron chi connectivity index (χ0n) is 35.0. The Balaban J connectivity index is 1.02. The van der Waals surface area contributed by atoms with Crippen molar-refractivity contribution in [1.82, 2.24) is 9.13 Å². The van der Waals surface area contributed by atoms with Crippen LogP contribution in [0.5, 0.6) is 11.5 Å². The predicted octanol–water partition coefficient (Wildman–Crippen LogP) is 13.6. The molecule has 3 aliphatic rings. The Hall–Kier alpha value is -8.15. The summed E-state index contributed by atoms with van der Waals surface area (Å²) in [4.78, 5) is 5.13. The Morgan fingerprint density at radius 3 is 2.11 bits per heavy atom. The average molecular weight is 823 g/mol. The fraction of sp³-hybridized carbons (Fsp3) is 0.0678. The minimum absolute atomic E-state index is 0.364. The van der Waals surface area contributed by atoms with Gasteiger partial charge in [-0.05, 0) is 77.2 Å². The minimum Gasteiger partial charge on any atom is -0.457 e. The Morgan fingerprint density at radius 2 is 1.27 bits per heavy atom. The van der Waals surface area contributed by atoms with E-state index < -0.39 is 5.41 Å². The van der Waals surface area contributed by atoms with Gasteiger partial charge in [-0.2, -0.15) is 0 Å². The number of para-hydroxylation sites is 5. The van der Waals surface area contributed by atoms with Crippen LogP contribution >= 0.6 is 0 Å². The molecule has 8 aromatic carbocycles. The summed E-state index contributed by atoms with van der Waals surface area (Å²) in [6, 6.07) is 65.6. The lowest BCUT2D eigenvalue weighted by atomic mass is 9.61. The van der Waals surface area contributed by atoms with E-state index in [-0.39, 0.29) is 0 Å². The van der Waals surface area contributed by atoms with Crippen molar-refractivity contribution in [2.24, 2.45) is 16.6 Å². The van der Waals surface area contributed by atoms with Gasteiger partial charge in [0.2, 0.25) is 0 Å². The highest BCUT2D eigenvalue weighted by molar-refractivity contribution is 6.14. The van der Waals surface area contributed by atoms with E-state index in [0.717, 1.165) is 68.0 Å². The van der Waals surface area contributed by atoms with Crippen molar-refractivity contribution in [1.29, 1.82) is 0 Å². The van der Waals surface area contributed by atoms with Gasteiger partial charge < -0.3 is 19.6 Å². The molecule has 5 nitrogen and oxygen atoms in total. The molecular formula is C59H42N4O. The molecule has 2 aromatic heterocycles. The molecule has 0 radical (unpaired) electrons. The number of nitrogens with two attached hydrogens (primary N) is 1. The lowest BCUT2D eigenvalue weighted by Gasteiger charge is -2.45. The van der Waals surface area contributed by atoms with Crippen molar-refractivity contribution < 1.29 is 4.74 Å². The number of aromatic nitrogens is 2. The second kappa shape index (κ2) is 14.2. The summed E-state index contributed by atoms with van der Waals surface area (Å²) < 4.78 is 11.9. The molecule has 2 aliphatic heterocycles. The fourth-order valence-corrected chi connectivity index (χ4v) is 10.9. The number of allylic oxidation sites excluding steroid dienone is 4. The molecule has 13 rings (SSSR count). The Bertz CT molecular complexity index is 3680. The van der Waals surface area contributed by atoms with E-state index >= 15 is 0 Å². The number of benzene rings is 8. The number of ether oxygens (including phenoxy) is 1. The monoisotopic (exact) mass is 822 g/mol. The van der Waals surface area contributed by atoms with E-state index in [1.807, 2.05) is 12.1 Å². The topological polar surface area (TPSA) is 57.5 Å². The Labute approximate surface area is 371 Å². The van der Waals surface area contributed by atoms with Crippen molar-refractivity contribution in [3.8, 4) is 22.9 Å². The van der Waals surface area contributed by atoms with Crippen LogP contribution in [0.15, 0.2) is 217 Å². The first-order valence-corrected chi connectivity index (χ1v) is 22.2. The van der Waals surface area contributed by atoms with Crippen LogP contribution in [0.2, 0.25) is 0 Å². The Kier molecular flexibility index (Phi) is 8.10. The van der Waals surface area contributed by atoms with Crippen LogP contribution in [0.25, 0.3) is 60.7 Å². The van der Waals surface area contributed by atoms with Crippen LogP contribution < -0.4 is 10.5 Å². The molecule has 0 fully saturated rings. The number of rotatable bonds is 6. The van der Waals surface area contributed by atoms with Gasteiger partial charge in [0.05, 0.1) is 38.9 Å². The molecule has 10 aromatic rings. The summed E-state index contributed by atoms with van der Waals surface area (Å²) in [6.45, 7) is 0.693. The summed E-state index contributed by atoms with van der Waals surface area (Å²) in [5.74, 6) is 2.07. The minimum atomic E-state index is -0.663. The van der Waals surface area contributed by atoms with Crippen LogP contribution in [0, 0.1) is 5.92 Å². The molecular weight excluding hydrogens is 781 g/mol. The molecule has 0 saturated carbocycles. The van der Waals surface area contributed by atoms with E-state index in [2.05, 4.69) is 209 Å². The number of hydrogen-bond acceptors (Lipinski definition) is 3. The normalized spacial score (nSPS) is 17.5. The summed E-state index contributed by atoms with van der Waals surface area (Å²) in [5.41, 5.74) is 21.5. The first-order chi connectivity index (χ1) is 31.7. The summed E-state index contributed by atoms with van der Waals surface area (Å²) in [7, 11) is 0. The lowest BCUT2D eigenvalue weighted by molar-refractivity contribution is 0.434. The van der Waals surface area contributed by atoms with Crippen molar-refractivity contribution in [2.75, 3.05) is 6.54 Å². The van der Waals surface area contributed by atoms with Crippen LogP contribution in [-0.4, -0.2) is 21.4 Å². The van der Waals surface area contributed by atoms with Gasteiger partial charge in [-0.1, -0.05) is 158 Å². The van der Waals surface area contributed by atoms with Crippen LogP contribution in [0.4, 0.5) is 0 Å². The first kappa shape index (κ1) is 36.5. The molecule has 304 valence electrons. The molecule has 5 heteroatoms. The van der Waals surface area contributed by atoms with E-state index in [1.165, 1.54) is 44.0 Å². The van der Waals surface area contributed by atoms with Gasteiger partial charge in [0.15, 0.2) is 0 Å². The van der Waals surface area contributed by atoms with Crippen molar-refractivity contribution >= 4 is 55.0 Å². The summed E-state index contributed by atoms with van der Waals surface area (Å²) >= 11 is 0. The van der Waals surface area contributed by atoms with E-state index in [9.17, 15) is 0 Å². The second-order valence-electron chi connectivity index (χ2n) is 17.2. The smallest absolute Gasteiger partial charge is 0.134 e. The number of aliphatic imine (C=N–C) groups is 1. The van der Waals surface area contributed by atoms with E-state index in [1.54, 1.807) is 0 Å². The number of nitrogens with zero attached hydrogens (tertiary/aromatic N) is 3. The van der Waals surface area contributed by atoms with Gasteiger partial charge in [-0.25, -0.2) is 0 Å². The quantitative estimate of drug-likeness (QED) is 0.170. The van der Waals surface area contributed by atoms with Crippen LogP contribution in [0.1, 0.15) is 39.8 Å². The molecule has 2 unspecified atom stereocenters. The molecule has 0 bridgehead atoms. The molecule has 1 aliphatic carbocycles. The number of hydrogen-bond donors (Lipinski definition) is 1. The van der Waals surface area contributed by atoms with Gasteiger partial charge in [-0.15, -0.1) is 0 Å². The molecule has 0 saturated heterocycles. The van der Waals surface area contributed by atoms with Crippen molar-refractivity contribution in [2.45, 2.75) is 11.8 Å². The molecule has 2 N–H and O–H groups in total. The third kappa shape index (κ3) is 5.28. The van der Waals surface area contributed by atoms with Gasteiger partial charge in [0, 0.05) is 62.6 Å². The van der Waals surface area contributed by atoms with Crippen LogP contribution in [0.3, 0.4) is 0 Å². The number of fused-ring (bicyclic) bond motifs is 14. The van der Waals surface area contributed by atoms with Crippen molar-refractivity contribution in [3.05, 3.63) is 246 Å². The maximum absolute atomic E-state index is 7.10. The highest BCUT2D eigenvalue weighted by atomic mass is 16.5. The lowest BCUT2D eigenvalue weighted by Crippen LogP contribution is -2.37. The maximum atomic E-state index is 7.10. The largest absolute Gasteiger partial charge is 0.457 e. The van der Waals surface area contributed by atoms with Gasteiger partial charge >= 0.3 is 0 Å². The third-order valence-corrected chi connectivity index (χ3v) is 13.7. The second-order valence-corrected chi connectivity index (χ2v) is 17.2. The molecule has 4 heterocycles. The van der Waals surface area contributed by atoms with E-state index in [4.69, 9.17) is 15.5 Å². The highest BCUT2D eigenvalue weighted by Gasteiger charge is 2.50. The zero-order chi connectivity index (χ0) is 42.4. The predicted molar refractivity (Wildman–Crippen MR) is 263 cm³/mol. The first-order valence-electron chi connectivity index (χ1n) is 22.2. The molecule has 0 amide bonds. The van der Waals surface area contributed by atoms with Gasteiger partial charge in [0.25, 0.3) is 0 Å². The van der Waals surface area contributed by atoms with Gasteiger partial charge in [0.1, 0.15) is 11.5 Å². The fourth-order valence-electron chi connectivity index (χ4n) is 10.9. The molecule has 2 atom stereocenters. The van der Waals surface area contributed by atoms with Gasteiger partial charge in [-0.3, -0.25) is 4.99 Å². The highest BCUT2D eigenvalue weighted by Crippen LogP contribution is 2.61. The Morgan fingerprint density at radius 1 is 0.578 bits per heavy atom. The average Bonchev–Trinajstić information content (AvgIpc) is 3.87. The summed E-state index contributed by atoms with van der Waals surface area (Å²) in [6.07, 6.45) is 11.7. The summed E-state index contributed by atoms with van der Waals surface area (Å²) in [5, 5.41) is 4.83. The maximum Gasteiger partial charge on any atom is 0.134 e. The molecule has 64 heavy (non-hydrogen) atoms. The van der Waals surface area contributed by atoms with Crippen molar-refractivity contribution in [3.63, 3.8) is 0 Å².